The molecular formula is C38H12BF13O2. The first-order valence-corrected chi connectivity index (χ1v) is 15.6. The van der Waals surface area contributed by atoms with Crippen molar-refractivity contribution in [3.8, 4) is 22.6 Å². The lowest BCUT2D eigenvalue weighted by Gasteiger charge is -2.26. The standard InChI is InChI=1S/C38H12BF13O2/c40-17-10-9-16-21(27(17)41)28(42)32(46)26(16)39(53-18-11-7-14-5-4-12-2-1-3-13-6-8-15(18)20(14)19(12)13)54-37-25-23(30(44)34(48)36(37)50)22-24(38(25,51)52)31(45)35(49)33(47)29(22)43/h1-11,26H. The molecule has 7 aromatic carbocycles. The van der Waals surface area contributed by atoms with Gasteiger partial charge < -0.3 is 9.31 Å². The summed E-state index contributed by atoms with van der Waals surface area (Å²) in [6, 6.07) is 15.9. The van der Waals surface area contributed by atoms with Crippen molar-refractivity contribution in [1.29, 1.82) is 0 Å². The molecule has 1 unspecified atom stereocenters. The zero-order valence-corrected chi connectivity index (χ0v) is 26.2. The summed E-state index contributed by atoms with van der Waals surface area (Å²) in [4.78, 5) is 0. The van der Waals surface area contributed by atoms with Gasteiger partial charge in [-0.2, -0.15) is 13.2 Å². The van der Waals surface area contributed by atoms with E-state index in [-0.39, 0.29) is 11.1 Å². The molecule has 270 valence electrons. The summed E-state index contributed by atoms with van der Waals surface area (Å²) in [5.74, 6) is -36.2. The third kappa shape index (κ3) is 4.27. The molecule has 0 spiro atoms. The molecule has 54 heavy (non-hydrogen) atoms. The second kappa shape index (κ2) is 11.3. The Balaban J connectivity index is 1.30. The Morgan fingerprint density at radius 1 is 0.500 bits per heavy atom. The molecule has 1 atom stereocenters. The Labute approximate surface area is 293 Å². The highest BCUT2D eigenvalue weighted by Crippen LogP contribution is 2.59. The molecule has 0 amide bonds. The number of halogens is 13. The number of rotatable bonds is 5. The molecule has 0 bridgehead atoms. The van der Waals surface area contributed by atoms with Crippen molar-refractivity contribution < 1.29 is 66.4 Å². The normalized spacial score (nSPS) is 15.8. The van der Waals surface area contributed by atoms with Gasteiger partial charge in [0, 0.05) is 21.9 Å². The Hall–Kier alpha value is -5.93. The Bertz CT molecular complexity index is 2840. The highest BCUT2D eigenvalue weighted by molar-refractivity contribution is 6.50. The van der Waals surface area contributed by atoms with Gasteiger partial charge in [0.1, 0.15) is 17.4 Å². The van der Waals surface area contributed by atoms with Gasteiger partial charge in [0.15, 0.2) is 58.1 Å². The van der Waals surface area contributed by atoms with Crippen LogP contribution in [0.25, 0.3) is 49.3 Å². The van der Waals surface area contributed by atoms with Crippen LogP contribution in [0.15, 0.2) is 72.6 Å². The second-order valence-electron chi connectivity index (χ2n) is 12.6. The van der Waals surface area contributed by atoms with E-state index in [4.69, 9.17) is 9.31 Å². The fourth-order valence-electron chi connectivity index (χ4n) is 7.49. The maximum atomic E-state index is 16.1. The predicted molar refractivity (Wildman–Crippen MR) is 170 cm³/mol. The fraction of sp³-hybridized carbons (Fsp3) is 0.0526. The Kier molecular flexibility index (Phi) is 7.08. The number of alkyl halides is 2. The van der Waals surface area contributed by atoms with Gasteiger partial charge in [-0.3, -0.25) is 0 Å². The molecule has 0 aliphatic heterocycles. The average molecular weight is 758 g/mol. The summed E-state index contributed by atoms with van der Waals surface area (Å²) in [5, 5.41) is 3.50. The van der Waals surface area contributed by atoms with Crippen molar-refractivity contribution in [2.75, 3.05) is 0 Å². The molecule has 0 heterocycles. The van der Waals surface area contributed by atoms with E-state index < -0.39 is 122 Å². The molecule has 0 fully saturated rings. The maximum absolute atomic E-state index is 16.1. The topological polar surface area (TPSA) is 18.5 Å². The minimum atomic E-state index is -5.21. The van der Waals surface area contributed by atoms with Crippen LogP contribution in [-0.2, 0) is 5.92 Å². The van der Waals surface area contributed by atoms with Gasteiger partial charge in [0.25, 0.3) is 0 Å². The van der Waals surface area contributed by atoms with Crippen LogP contribution in [0.5, 0.6) is 11.5 Å². The van der Waals surface area contributed by atoms with E-state index >= 15 is 35.1 Å². The van der Waals surface area contributed by atoms with Gasteiger partial charge in [-0.1, -0.05) is 54.6 Å². The second-order valence-corrected chi connectivity index (χ2v) is 12.6. The van der Waals surface area contributed by atoms with Crippen molar-refractivity contribution >= 4 is 45.3 Å². The van der Waals surface area contributed by atoms with Crippen LogP contribution in [-0.4, -0.2) is 7.12 Å². The number of hydrogen-bond acceptors (Lipinski definition) is 2. The van der Waals surface area contributed by atoms with E-state index in [0.717, 1.165) is 10.8 Å². The molecule has 2 aliphatic carbocycles. The summed E-state index contributed by atoms with van der Waals surface area (Å²) in [5.41, 5.74) is -10.6. The van der Waals surface area contributed by atoms with Crippen molar-refractivity contribution in [2.45, 2.75) is 11.7 Å². The summed E-state index contributed by atoms with van der Waals surface area (Å²) < 4.78 is 209. The minimum Gasteiger partial charge on any atom is -0.525 e. The maximum Gasteiger partial charge on any atom is 0.610 e. The molecule has 0 N–H and O–H groups in total. The van der Waals surface area contributed by atoms with Gasteiger partial charge in [-0.05, 0) is 39.2 Å². The van der Waals surface area contributed by atoms with Crippen LogP contribution in [0.1, 0.15) is 28.1 Å². The van der Waals surface area contributed by atoms with Crippen LogP contribution in [0.3, 0.4) is 0 Å². The van der Waals surface area contributed by atoms with E-state index in [1.807, 2.05) is 0 Å². The van der Waals surface area contributed by atoms with E-state index in [0.29, 0.717) is 28.3 Å². The van der Waals surface area contributed by atoms with E-state index in [2.05, 4.69) is 0 Å². The van der Waals surface area contributed by atoms with Crippen molar-refractivity contribution in [3.05, 3.63) is 147 Å². The highest BCUT2D eigenvalue weighted by Gasteiger charge is 2.57. The molecule has 7 aromatic rings. The van der Waals surface area contributed by atoms with Gasteiger partial charge in [0.2, 0.25) is 5.82 Å². The largest absolute Gasteiger partial charge is 0.610 e. The van der Waals surface area contributed by atoms with Crippen LogP contribution in [0, 0.1) is 52.4 Å². The number of fused-ring (bicyclic) bond motifs is 4. The molecule has 0 aromatic heterocycles. The zero-order valence-electron chi connectivity index (χ0n) is 26.2. The summed E-state index contributed by atoms with van der Waals surface area (Å²) in [7, 11) is -2.72. The molecule has 0 saturated carbocycles. The fourth-order valence-corrected chi connectivity index (χ4v) is 7.49. The number of allylic oxidation sites excluding steroid dienone is 1. The summed E-state index contributed by atoms with van der Waals surface area (Å²) in [6.45, 7) is 0. The van der Waals surface area contributed by atoms with Crippen LogP contribution in [0.4, 0.5) is 57.1 Å². The first-order chi connectivity index (χ1) is 25.6. The minimum absolute atomic E-state index is 0.211. The monoisotopic (exact) mass is 758 g/mol. The van der Waals surface area contributed by atoms with Crippen LogP contribution < -0.4 is 9.31 Å². The van der Waals surface area contributed by atoms with Crippen LogP contribution in [0.2, 0.25) is 0 Å². The third-order valence-corrected chi connectivity index (χ3v) is 9.83. The first kappa shape index (κ1) is 33.9. The molecule has 0 saturated heterocycles. The molecule has 16 heteroatoms. The predicted octanol–water partition coefficient (Wildman–Crippen LogP) is 11.8. The molecule has 2 aliphatic rings. The van der Waals surface area contributed by atoms with Crippen LogP contribution >= 0.6 is 0 Å². The summed E-state index contributed by atoms with van der Waals surface area (Å²) in [6.07, 6.45) is 0. The molecular weight excluding hydrogens is 746 g/mol. The van der Waals surface area contributed by atoms with Crippen molar-refractivity contribution in [3.63, 3.8) is 0 Å². The van der Waals surface area contributed by atoms with Gasteiger partial charge in [-0.25, -0.2) is 43.9 Å². The third-order valence-electron chi connectivity index (χ3n) is 9.83. The first-order valence-electron chi connectivity index (χ1n) is 15.6. The average Bonchev–Trinajstić information content (AvgIpc) is 3.56. The van der Waals surface area contributed by atoms with Gasteiger partial charge in [-0.15, -0.1) is 0 Å². The van der Waals surface area contributed by atoms with E-state index in [9.17, 15) is 22.0 Å². The zero-order chi connectivity index (χ0) is 38.3. The molecule has 9 rings (SSSR count). The van der Waals surface area contributed by atoms with Crippen molar-refractivity contribution in [2.24, 2.45) is 0 Å². The Morgan fingerprint density at radius 3 is 1.76 bits per heavy atom. The lowest BCUT2D eigenvalue weighted by atomic mass is 9.68. The van der Waals surface area contributed by atoms with Crippen molar-refractivity contribution in [1.82, 2.24) is 0 Å². The van der Waals surface area contributed by atoms with E-state index in [1.54, 1.807) is 36.4 Å². The Morgan fingerprint density at radius 2 is 1.07 bits per heavy atom. The molecule has 0 radical (unpaired) electrons. The number of hydrogen-bond donors (Lipinski definition) is 0. The lowest BCUT2D eigenvalue weighted by molar-refractivity contribution is 0.0404. The summed E-state index contributed by atoms with van der Waals surface area (Å²) >= 11 is 0. The SMILES string of the molecule is FC1=C(F)C(B(Oc2c(F)c(F)c(F)c3c2C(F)(F)c2c(F)c(F)c(F)c(F)c2-3)Oc2ccc3ccc4cccc5ccc2c3c45)c2ccc(F)c(F)c21. The molecule has 2 nitrogen and oxygen atoms in total. The van der Waals surface area contributed by atoms with E-state index in [1.165, 1.54) is 18.2 Å². The number of benzene rings is 7. The quantitative estimate of drug-likeness (QED) is 0.0572. The smallest absolute Gasteiger partial charge is 0.525 e. The lowest BCUT2D eigenvalue weighted by Crippen LogP contribution is -2.38. The highest BCUT2D eigenvalue weighted by atomic mass is 19.3. The van der Waals surface area contributed by atoms with Gasteiger partial charge in [0.05, 0.1) is 16.7 Å². The van der Waals surface area contributed by atoms with Gasteiger partial charge >= 0.3 is 13.0 Å².